The Hall–Kier alpha value is -0.280. The third-order valence-electron chi connectivity index (χ3n) is 4.07. The van der Waals surface area contributed by atoms with E-state index in [0.29, 0.717) is 0 Å². The lowest BCUT2D eigenvalue weighted by atomic mass is 9.92. The zero-order valence-corrected chi connectivity index (χ0v) is 14.0. The number of halogens is 2. The highest BCUT2D eigenvalue weighted by molar-refractivity contribution is 6.33. The summed E-state index contributed by atoms with van der Waals surface area (Å²) in [7, 11) is 0. The normalized spacial score (nSPS) is 25.5. The summed E-state index contributed by atoms with van der Waals surface area (Å²) in [5.41, 5.74) is 7.59. The third-order valence-corrected chi connectivity index (χ3v) is 4.65. The fourth-order valence-electron chi connectivity index (χ4n) is 3.08. The lowest BCUT2D eigenvalue weighted by molar-refractivity contribution is 0.0756. The summed E-state index contributed by atoms with van der Waals surface area (Å²) < 4.78 is 0. The quantitative estimate of drug-likeness (QED) is 0.817. The molecule has 20 heavy (non-hydrogen) atoms. The van der Waals surface area contributed by atoms with Crippen molar-refractivity contribution in [2.24, 2.45) is 5.73 Å². The van der Waals surface area contributed by atoms with Crippen LogP contribution in [0.4, 0.5) is 0 Å². The molecule has 2 atom stereocenters. The highest BCUT2D eigenvalue weighted by atomic mass is 35.5. The number of rotatable bonds is 1. The second kappa shape index (κ2) is 6.23. The van der Waals surface area contributed by atoms with Crippen LogP contribution in [0, 0.1) is 0 Å². The molecule has 0 aromatic heterocycles. The first-order valence-corrected chi connectivity index (χ1v) is 8.03. The molecule has 1 heterocycles. The van der Waals surface area contributed by atoms with Gasteiger partial charge in [-0.05, 0) is 63.9 Å². The molecule has 112 valence electrons. The minimum absolute atomic E-state index is 0.0538. The summed E-state index contributed by atoms with van der Waals surface area (Å²) >= 11 is 12.6. The van der Waals surface area contributed by atoms with E-state index in [1.54, 1.807) is 0 Å². The topological polar surface area (TPSA) is 29.3 Å². The Balaban J connectivity index is 2.48. The van der Waals surface area contributed by atoms with Crippen LogP contribution in [0.15, 0.2) is 18.2 Å². The van der Waals surface area contributed by atoms with Gasteiger partial charge in [-0.2, -0.15) is 0 Å². The molecule has 1 aromatic rings. The van der Waals surface area contributed by atoms with Crippen molar-refractivity contribution in [1.82, 2.24) is 4.90 Å². The standard InChI is InChI=1S/C16H24Cl2N2/c1-16(2,3)20-9-5-4-6-14(19)15(20)12-10-11(17)7-8-13(12)18/h7-8,10,14-15H,4-6,9,19H2,1-3H3. The lowest BCUT2D eigenvalue weighted by Gasteiger charge is -2.43. The van der Waals surface area contributed by atoms with Gasteiger partial charge in [0.25, 0.3) is 0 Å². The molecule has 1 saturated heterocycles. The van der Waals surface area contributed by atoms with Crippen LogP contribution in [0.1, 0.15) is 51.6 Å². The summed E-state index contributed by atoms with van der Waals surface area (Å²) in [5.74, 6) is 0. The molecule has 2 N–H and O–H groups in total. The second-order valence-corrected chi connectivity index (χ2v) is 7.48. The first-order chi connectivity index (χ1) is 9.30. The molecule has 2 rings (SSSR count). The molecule has 2 nitrogen and oxygen atoms in total. The maximum Gasteiger partial charge on any atom is 0.0519 e. The fourth-order valence-corrected chi connectivity index (χ4v) is 3.49. The van der Waals surface area contributed by atoms with Gasteiger partial charge in [0.1, 0.15) is 0 Å². The summed E-state index contributed by atoms with van der Waals surface area (Å²) in [6.45, 7) is 7.74. The molecule has 4 heteroatoms. The van der Waals surface area contributed by atoms with Crippen molar-refractivity contribution < 1.29 is 0 Å². The van der Waals surface area contributed by atoms with Crippen LogP contribution in [0.3, 0.4) is 0 Å². The predicted molar refractivity (Wildman–Crippen MR) is 87.5 cm³/mol. The van der Waals surface area contributed by atoms with Crippen molar-refractivity contribution in [2.75, 3.05) is 6.54 Å². The summed E-state index contributed by atoms with van der Waals surface area (Å²) in [5, 5.41) is 1.47. The zero-order chi connectivity index (χ0) is 14.9. The van der Waals surface area contributed by atoms with Crippen molar-refractivity contribution in [1.29, 1.82) is 0 Å². The van der Waals surface area contributed by atoms with Crippen LogP contribution < -0.4 is 5.73 Å². The number of nitrogens with zero attached hydrogens (tertiary/aromatic N) is 1. The Morgan fingerprint density at radius 1 is 1.20 bits per heavy atom. The molecule has 0 saturated carbocycles. The van der Waals surface area contributed by atoms with Gasteiger partial charge in [0.05, 0.1) is 6.04 Å². The molecule has 2 unspecified atom stereocenters. The number of hydrogen-bond acceptors (Lipinski definition) is 2. The van der Waals surface area contributed by atoms with Crippen LogP contribution in [0.5, 0.6) is 0 Å². The van der Waals surface area contributed by atoms with E-state index < -0.39 is 0 Å². The highest BCUT2D eigenvalue weighted by Gasteiger charge is 2.36. The molecule has 1 aliphatic heterocycles. The number of hydrogen-bond donors (Lipinski definition) is 1. The van der Waals surface area contributed by atoms with Crippen molar-refractivity contribution in [3.8, 4) is 0 Å². The molecule has 0 bridgehead atoms. The van der Waals surface area contributed by atoms with E-state index in [1.807, 2.05) is 18.2 Å². The fraction of sp³-hybridized carbons (Fsp3) is 0.625. The van der Waals surface area contributed by atoms with Gasteiger partial charge in [-0.25, -0.2) is 0 Å². The third kappa shape index (κ3) is 3.48. The first-order valence-electron chi connectivity index (χ1n) is 7.28. The molecule has 0 spiro atoms. The van der Waals surface area contributed by atoms with Crippen LogP contribution in [0.25, 0.3) is 0 Å². The molecular weight excluding hydrogens is 291 g/mol. The van der Waals surface area contributed by atoms with Gasteiger partial charge in [-0.1, -0.05) is 29.6 Å². The van der Waals surface area contributed by atoms with E-state index >= 15 is 0 Å². The number of benzene rings is 1. The highest BCUT2D eigenvalue weighted by Crippen LogP contribution is 2.38. The van der Waals surface area contributed by atoms with Crippen molar-refractivity contribution >= 4 is 23.2 Å². The van der Waals surface area contributed by atoms with E-state index in [0.717, 1.165) is 28.6 Å². The Morgan fingerprint density at radius 2 is 1.90 bits per heavy atom. The van der Waals surface area contributed by atoms with E-state index in [2.05, 4.69) is 25.7 Å². The average Bonchev–Trinajstić information content (AvgIpc) is 2.54. The Labute approximate surface area is 132 Å². The smallest absolute Gasteiger partial charge is 0.0519 e. The van der Waals surface area contributed by atoms with Gasteiger partial charge >= 0.3 is 0 Å². The van der Waals surface area contributed by atoms with Gasteiger partial charge in [-0.3, -0.25) is 4.90 Å². The predicted octanol–water partition coefficient (Wildman–Crippen LogP) is 4.65. The monoisotopic (exact) mass is 314 g/mol. The van der Waals surface area contributed by atoms with Crippen molar-refractivity contribution in [2.45, 2.75) is 57.7 Å². The van der Waals surface area contributed by atoms with Crippen LogP contribution in [0.2, 0.25) is 10.0 Å². The SMILES string of the molecule is CC(C)(C)N1CCCCC(N)C1c1cc(Cl)ccc1Cl. The Kier molecular flexibility index (Phi) is 5.01. The molecular formula is C16H24Cl2N2. The maximum atomic E-state index is 6.47. The van der Waals surface area contributed by atoms with Crippen LogP contribution in [-0.2, 0) is 0 Å². The van der Waals surface area contributed by atoms with Gasteiger partial charge in [-0.15, -0.1) is 0 Å². The molecule has 1 fully saturated rings. The van der Waals surface area contributed by atoms with E-state index in [1.165, 1.54) is 12.8 Å². The first kappa shape index (κ1) is 16.1. The lowest BCUT2D eigenvalue weighted by Crippen LogP contribution is -2.49. The number of nitrogens with two attached hydrogens (primary N) is 1. The molecule has 0 aliphatic carbocycles. The van der Waals surface area contributed by atoms with E-state index in [9.17, 15) is 0 Å². The molecule has 0 amide bonds. The summed E-state index contributed by atoms with van der Waals surface area (Å²) in [6, 6.07) is 5.89. The van der Waals surface area contributed by atoms with Gasteiger partial charge in [0.15, 0.2) is 0 Å². The van der Waals surface area contributed by atoms with E-state index in [-0.39, 0.29) is 17.6 Å². The van der Waals surface area contributed by atoms with Crippen LogP contribution in [-0.4, -0.2) is 23.0 Å². The number of likely N-dealkylation sites (tertiary alicyclic amines) is 1. The molecule has 1 aromatic carbocycles. The largest absolute Gasteiger partial charge is 0.326 e. The average molecular weight is 315 g/mol. The van der Waals surface area contributed by atoms with Crippen molar-refractivity contribution in [3.05, 3.63) is 33.8 Å². The maximum absolute atomic E-state index is 6.47. The van der Waals surface area contributed by atoms with E-state index in [4.69, 9.17) is 28.9 Å². The Bertz CT molecular complexity index is 468. The minimum Gasteiger partial charge on any atom is -0.326 e. The van der Waals surface area contributed by atoms with Gasteiger partial charge < -0.3 is 5.73 Å². The summed E-state index contributed by atoms with van der Waals surface area (Å²) in [6.07, 6.45) is 3.38. The van der Waals surface area contributed by atoms with Crippen molar-refractivity contribution in [3.63, 3.8) is 0 Å². The Morgan fingerprint density at radius 3 is 2.55 bits per heavy atom. The molecule has 0 radical (unpaired) electrons. The van der Waals surface area contributed by atoms with Crippen LogP contribution >= 0.6 is 23.2 Å². The van der Waals surface area contributed by atoms with Gasteiger partial charge in [0.2, 0.25) is 0 Å². The molecule has 1 aliphatic rings. The minimum atomic E-state index is 0.0538. The zero-order valence-electron chi connectivity index (χ0n) is 12.5. The summed E-state index contributed by atoms with van der Waals surface area (Å²) in [4.78, 5) is 2.47. The second-order valence-electron chi connectivity index (χ2n) is 6.63. The van der Waals surface area contributed by atoms with Gasteiger partial charge in [0, 0.05) is 21.6 Å².